The predicted octanol–water partition coefficient (Wildman–Crippen LogP) is 2.97. The topological polar surface area (TPSA) is 26.0 Å². The summed E-state index contributed by atoms with van der Waals surface area (Å²) >= 11 is 0. The molecule has 0 aromatic carbocycles. The van der Waals surface area contributed by atoms with Gasteiger partial charge >= 0.3 is 0 Å². The third kappa shape index (κ3) is 3.77. The molecule has 2 N–H and O–H groups in total. The van der Waals surface area contributed by atoms with Crippen LogP contribution in [-0.2, 0) is 0 Å². The molecule has 2 heteroatoms. The van der Waals surface area contributed by atoms with Crippen LogP contribution in [0.1, 0.15) is 46.0 Å². The summed E-state index contributed by atoms with van der Waals surface area (Å²) < 4.78 is 0. The van der Waals surface area contributed by atoms with Gasteiger partial charge in [-0.15, -0.1) is 12.4 Å². The summed E-state index contributed by atoms with van der Waals surface area (Å²) in [6, 6.07) is 0. The molecular formula is C10H22ClN. The molecule has 0 heterocycles. The SMILES string of the molecule is CC(C)(CN)CC1CCCC1.Cl. The van der Waals surface area contributed by atoms with Gasteiger partial charge in [-0.05, 0) is 24.3 Å². The van der Waals surface area contributed by atoms with E-state index in [-0.39, 0.29) is 12.4 Å². The Bertz CT molecular complexity index is 117. The molecule has 0 radical (unpaired) electrons. The van der Waals surface area contributed by atoms with E-state index in [9.17, 15) is 0 Å². The molecule has 1 rings (SSSR count). The van der Waals surface area contributed by atoms with Crippen LogP contribution in [0.25, 0.3) is 0 Å². The van der Waals surface area contributed by atoms with Gasteiger partial charge in [0.15, 0.2) is 0 Å². The highest BCUT2D eigenvalue weighted by Crippen LogP contribution is 2.34. The smallest absolute Gasteiger partial charge is 0.00257 e. The molecule has 0 aromatic heterocycles. The molecule has 1 nitrogen and oxygen atoms in total. The van der Waals surface area contributed by atoms with Crippen LogP contribution in [-0.4, -0.2) is 6.54 Å². The summed E-state index contributed by atoms with van der Waals surface area (Å²) in [5.74, 6) is 0.980. The highest BCUT2D eigenvalue weighted by Gasteiger charge is 2.23. The standard InChI is InChI=1S/C10H21N.ClH/c1-10(2,8-11)7-9-5-3-4-6-9;/h9H,3-8,11H2,1-2H3;1H. The lowest BCUT2D eigenvalue weighted by atomic mass is 9.82. The van der Waals surface area contributed by atoms with Gasteiger partial charge in [0.2, 0.25) is 0 Å². The molecule has 0 bridgehead atoms. The Labute approximate surface area is 82.5 Å². The first kappa shape index (κ1) is 12.2. The number of hydrogen-bond donors (Lipinski definition) is 1. The van der Waals surface area contributed by atoms with Gasteiger partial charge in [-0.1, -0.05) is 39.5 Å². The second-order valence-corrected chi connectivity index (χ2v) is 4.72. The molecule has 0 aliphatic heterocycles. The zero-order valence-corrected chi connectivity index (χ0v) is 9.12. The number of rotatable bonds is 3. The van der Waals surface area contributed by atoms with Crippen LogP contribution in [0.5, 0.6) is 0 Å². The molecule has 1 aliphatic carbocycles. The van der Waals surface area contributed by atoms with Crippen molar-refractivity contribution in [3.8, 4) is 0 Å². The first-order valence-corrected chi connectivity index (χ1v) is 4.84. The Hall–Kier alpha value is 0.250. The summed E-state index contributed by atoms with van der Waals surface area (Å²) in [5.41, 5.74) is 6.07. The van der Waals surface area contributed by atoms with Gasteiger partial charge in [0, 0.05) is 0 Å². The van der Waals surface area contributed by atoms with Crippen molar-refractivity contribution in [3.05, 3.63) is 0 Å². The van der Waals surface area contributed by atoms with Crippen LogP contribution in [0.2, 0.25) is 0 Å². The van der Waals surface area contributed by atoms with E-state index in [4.69, 9.17) is 5.73 Å². The normalized spacial score (nSPS) is 19.2. The third-order valence-electron chi connectivity index (χ3n) is 2.87. The molecule has 12 heavy (non-hydrogen) atoms. The minimum atomic E-state index is 0. The zero-order chi connectivity index (χ0) is 8.32. The van der Waals surface area contributed by atoms with E-state index in [1.807, 2.05) is 0 Å². The molecule has 0 saturated heterocycles. The molecule has 1 aliphatic rings. The largest absolute Gasteiger partial charge is 0.330 e. The molecule has 0 amide bonds. The van der Waals surface area contributed by atoms with E-state index in [1.165, 1.54) is 32.1 Å². The van der Waals surface area contributed by atoms with E-state index in [0.717, 1.165) is 12.5 Å². The Morgan fingerprint density at radius 1 is 1.25 bits per heavy atom. The van der Waals surface area contributed by atoms with E-state index >= 15 is 0 Å². The maximum absolute atomic E-state index is 5.68. The lowest BCUT2D eigenvalue weighted by molar-refractivity contribution is 0.277. The molecular weight excluding hydrogens is 170 g/mol. The van der Waals surface area contributed by atoms with Crippen molar-refractivity contribution in [1.29, 1.82) is 0 Å². The molecule has 1 saturated carbocycles. The lowest BCUT2D eigenvalue weighted by Crippen LogP contribution is -2.25. The quantitative estimate of drug-likeness (QED) is 0.730. The zero-order valence-electron chi connectivity index (χ0n) is 8.31. The van der Waals surface area contributed by atoms with Gasteiger partial charge in [0.05, 0.1) is 0 Å². The van der Waals surface area contributed by atoms with Crippen molar-refractivity contribution in [1.82, 2.24) is 0 Å². The fourth-order valence-electron chi connectivity index (χ4n) is 2.08. The average Bonchev–Trinajstić information content (AvgIpc) is 2.39. The first-order valence-electron chi connectivity index (χ1n) is 4.84. The highest BCUT2D eigenvalue weighted by molar-refractivity contribution is 5.85. The van der Waals surface area contributed by atoms with E-state index in [1.54, 1.807) is 0 Å². The van der Waals surface area contributed by atoms with Crippen LogP contribution in [0.3, 0.4) is 0 Å². The van der Waals surface area contributed by atoms with Crippen LogP contribution >= 0.6 is 12.4 Å². The second-order valence-electron chi connectivity index (χ2n) is 4.72. The molecule has 1 fully saturated rings. The van der Waals surface area contributed by atoms with Crippen molar-refractivity contribution in [2.45, 2.75) is 46.0 Å². The summed E-state index contributed by atoms with van der Waals surface area (Å²) in [6.45, 7) is 5.40. The van der Waals surface area contributed by atoms with Crippen molar-refractivity contribution in [2.24, 2.45) is 17.1 Å². The predicted molar refractivity (Wildman–Crippen MR) is 56.7 cm³/mol. The number of halogens is 1. The van der Waals surface area contributed by atoms with Crippen molar-refractivity contribution in [2.75, 3.05) is 6.54 Å². The monoisotopic (exact) mass is 191 g/mol. The maximum Gasteiger partial charge on any atom is -0.00257 e. The van der Waals surface area contributed by atoms with Crippen LogP contribution in [0, 0.1) is 11.3 Å². The van der Waals surface area contributed by atoms with Gasteiger partial charge in [0.1, 0.15) is 0 Å². The van der Waals surface area contributed by atoms with Crippen molar-refractivity contribution < 1.29 is 0 Å². The average molecular weight is 192 g/mol. The first-order chi connectivity index (χ1) is 5.14. The van der Waals surface area contributed by atoms with Gasteiger partial charge in [-0.3, -0.25) is 0 Å². The molecule has 0 spiro atoms. The summed E-state index contributed by atoms with van der Waals surface area (Å²) in [6.07, 6.45) is 7.13. The van der Waals surface area contributed by atoms with Crippen LogP contribution in [0.15, 0.2) is 0 Å². The number of hydrogen-bond acceptors (Lipinski definition) is 1. The van der Waals surface area contributed by atoms with E-state index < -0.39 is 0 Å². The van der Waals surface area contributed by atoms with Crippen molar-refractivity contribution in [3.63, 3.8) is 0 Å². The Morgan fingerprint density at radius 3 is 2.17 bits per heavy atom. The fraction of sp³-hybridized carbons (Fsp3) is 1.00. The summed E-state index contributed by atoms with van der Waals surface area (Å²) in [5, 5.41) is 0. The second kappa shape index (κ2) is 5.08. The Morgan fingerprint density at radius 2 is 1.75 bits per heavy atom. The van der Waals surface area contributed by atoms with Gasteiger partial charge in [-0.2, -0.15) is 0 Å². The highest BCUT2D eigenvalue weighted by atomic mass is 35.5. The molecule has 74 valence electrons. The minimum Gasteiger partial charge on any atom is -0.330 e. The third-order valence-corrected chi connectivity index (χ3v) is 2.87. The summed E-state index contributed by atoms with van der Waals surface area (Å²) in [7, 11) is 0. The van der Waals surface area contributed by atoms with Crippen LogP contribution < -0.4 is 5.73 Å². The Balaban J connectivity index is 0.00000121. The minimum absolute atomic E-state index is 0. The van der Waals surface area contributed by atoms with Crippen molar-refractivity contribution >= 4 is 12.4 Å². The molecule has 0 unspecified atom stereocenters. The van der Waals surface area contributed by atoms with E-state index in [0.29, 0.717) is 5.41 Å². The van der Waals surface area contributed by atoms with Gasteiger partial charge in [-0.25, -0.2) is 0 Å². The fourth-order valence-corrected chi connectivity index (χ4v) is 2.08. The summed E-state index contributed by atoms with van der Waals surface area (Å²) in [4.78, 5) is 0. The van der Waals surface area contributed by atoms with Crippen LogP contribution in [0.4, 0.5) is 0 Å². The molecule has 0 atom stereocenters. The lowest BCUT2D eigenvalue weighted by Gasteiger charge is -2.25. The van der Waals surface area contributed by atoms with Gasteiger partial charge < -0.3 is 5.73 Å². The molecule has 0 aromatic rings. The maximum atomic E-state index is 5.68. The number of nitrogens with two attached hydrogens (primary N) is 1. The van der Waals surface area contributed by atoms with E-state index in [2.05, 4.69) is 13.8 Å². The van der Waals surface area contributed by atoms with Gasteiger partial charge in [0.25, 0.3) is 0 Å². The Kier molecular flexibility index (Phi) is 5.19.